The number of anilines is 1. The molecule has 0 bridgehead atoms. The van der Waals surface area contributed by atoms with Crippen molar-refractivity contribution in [2.24, 2.45) is 10.3 Å². The molecule has 1 heterocycles. The molecule has 1 atom stereocenters. The predicted molar refractivity (Wildman–Crippen MR) is 72.5 cm³/mol. The van der Waals surface area contributed by atoms with Gasteiger partial charge in [-0.3, -0.25) is 15.0 Å². The van der Waals surface area contributed by atoms with Gasteiger partial charge < -0.3 is 10.1 Å². The highest BCUT2D eigenvalue weighted by molar-refractivity contribution is 6.15. The molecule has 1 unspecified atom stereocenters. The number of amides is 1. The zero-order chi connectivity index (χ0) is 14.6. The van der Waals surface area contributed by atoms with Gasteiger partial charge in [-0.2, -0.15) is 5.11 Å². The zero-order valence-electron chi connectivity index (χ0n) is 11.3. The van der Waals surface area contributed by atoms with E-state index >= 15 is 0 Å². The molecule has 0 radical (unpaired) electrons. The first-order chi connectivity index (χ1) is 9.60. The predicted octanol–water partition coefficient (Wildman–Crippen LogP) is 1.32. The summed E-state index contributed by atoms with van der Waals surface area (Å²) in [5, 5.41) is 10.1. The van der Waals surface area contributed by atoms with Gasteiger partial charge in [-0.25, -0.2) is 0 Å². The molecular weight excluding hydrogens is 260 g/mol. The summed E-state index contributed by atoms with van der Waals surface area (Å²) < 4.78 is 5.16. The SMILES string of the molecule is COc1ccccc1NC(=O)C1(C(C)=O)CCN=NN1. The molecule has 0 saturated heterocycles. The van der Waals surface area contributed by atoms with Crippen molar-refractivity contribution in [3.05, 3.63) is 24.3 Å². The lowest BCUT2D eigenvalue weighted by molar-refractivity contribution is -0.134. The highest BCUT2D eigenvalue weighted by Gasteiger charge is 2.44. The van der Waals surface area contributed by atoms with Crippen LogP contribution in [0.25, 0.3) is 0 Å². The number of hydrogen-bond acceptors (Lipinski definition) is 6. The maximum atomic E-state index is 12.4. The first-order valence-corrected chi connectivity index (χ1v) is 6.19. The van der Waals surface area contributed by atoms with Crippen LogP contribution in [-0.4, -0.2) is 30.9 Å². The number of ketones is 1. The van der Waals surface area contributed by atoms with Crippen LogP contribution in [-0.2, 0) is 9.59 Å². The molecule has 0 aromatic heterocycles. The highest BCUT2D eigenvalue weighted by Crippen LogP contribution is 2.26. The van der Waals surface area contributed by atoms with Gasteiger partial charge in [0.1, 0.15) is 5.75 Å². The Labute approximate surface area is 116 Å². The van der Waals surface area contributed by atoms with E-state index in [9.17, 15) is 9.59 Å². The molecule has 0 spiro atoms. The summed E-state index contributed by atoms with van der Waals surface area (Å²) in [6.07, 6.45) is 0.271. The molecule has 7 nitrogen and oxygen atoms in total. The quantitative estimate of drug-likeness (QED) is 0.811. The Kier molecular flexibility index (Phi) is 3.97. The van der Waals surface area contributed by atoms with Crippen molar-refractivity contribution in [2.45, 2.75) is 18.9 Å². The van der Waals surface area contributed by atoms with E-state index in [1.54, 1.807) is 24.3 Å². The van der Waals surface area contributed by atoms with Crippen LogP contribution in [0, 0.1) is 0 Å². The number of nitrogens with zero attached hydrogens (tertiary/aromatic N) is 2. The molecule has 1 aromatic carbocycles. The van der Waals surface area contributed by atoms with Crippen molar-refractivity contribution >= 4 is 17.4 Å². The lowest BCUT2D eigenvalue weighted by Crippen LogP contribution is -2.59. The van der Waals surface area contributed by atoms with Gasteiger partial charge in [-0.05, 0) is 19.1 Å². The number of Topliss-reactive ketones (excluding diaryl/α,β-unsaturated/α-hetero) is 1. The molecule has 0 aliphatic carbocycles. The minimum Gasteiger partial charge on any atom is -0.495 e. The second-order valence-corrected chi connectivity index (χ2v) is 4.44. The minimum absolute atomic E-state index is 0.271. The van der Waals surface area contributed by atoms with E-state index in [2.05, 4.69) is 21.1 Å². The lowest BCUT2D eigenvalue weighted by atomic mass is 9.90. The molecular formula is C13H16N4O3. The van der Waals surface area contributed by atoms with Gasteiger partial charge in [-0.1, -0.05) is 17.4 Å². The summed E-state index contributed by atoms with van der Waals surface area (Å²) in [6, 6.07) is 6.99. The van der Waals surface area contributed by atoms with Crippen LogP contribution in [0.1, 0.15) is 13.3 Å². The molecule has 1 amide bonds. The van der Waals surface area contributed by atoms with Crippen molar-refractivity contribution < 1.29 is 14.3 Å². The number of hydrogen-bond donors (Lipinski definition) is 2. The van der Waals surface area contributed by atoms with E-state index < -0.39 is 11.4 Å². The third-order valence-electron chi connectivity index (χ3n) is 3.24. The third-order valence-corrected chi connectivity index (χ3v) is 3.24. The Bertz CT molecular complexity index is 558. The van der Waals surface area contributed by atoms with Crippen LogP contribution in [0.15, 0.2) is 34.6 Å². The average Bonchev–Trinajstić information content (AvgIpc) is 2.48. The van der Waals surface area contributed by atoms with Gasteiger partial charge in [0.05, 0.1) is 19.3 Å². The number of ether oxygens (including phenoxy) is 1. The van der Waals surface area contributed by atoms with Crippen molar-refractivity contribution in [2.75, 3.05) is 19.0 Å². The number of carbonyl (C=O) groups excluding carboxylic acids is 2. The Balaban J connectivity index is 2.25. The normalized spacial score (nSPS) is 20.9. The number of carbonyl (C=O) groups is 2. The van der Waals surface area contributed by atoms with Crippen LogP contribution >= 0.6 is 0 Å². The Morgan fingerprint density at radius 1 is 1.40 bits per heavy atom. The summed E-state index contributed by atoms with van der Waals surface area (Å²) in [6.45, 7) is 1.68. The largest absolute Gasteiger partial charge is 0.495 e. The molecule has 20 heavy (non-hydrogen) atoms. The van der Waals surface area contributed by atoms with E-state index in [0.717, 1.165) is 0 Å². The van der Waals surface area contributed by atoms with E-state index in [4.69, 9.17) is 4.74 Å². The van der Waals surface area contributed by atoms with E-state index in [-0.39, 0.29) is 12.2 Å². The Hall–Kier alpha value is -2.44. The molecule has 106 valence electrons. The van der Waals surface area contributed by atoms with E-state index in [0.29, 0.717) is 18.0 Å². The molecule has 1 aromatic rings. The van der Waals surface area contributed by atoms with Gasteiger partial charge in [-0.15, -0.1) is 0 Å². The third kappa shape index (κ3) is 2.47. The molecule has 1 aliphatic rings. The molecule has 1 aliphatic heterocycles. The second-order valence-electron chi connectivity index (χ2n) is 4.44. The van der Waals surface area contributed by atoms with Gasteiger partial charge >= 0.3 is 0 Å². The highest BCUT2D eigenvalue weighted by atomic mass is 16.5. The zero-order valence-corrected chi connectivity index (χ0v) is 11.3. The standard InChI is InChI=1S/C13H16N4O3/c1-9(18)13(7-8-14-17-16-13)12(19)15-10-5-3-4-6-11(10)20-2/h3-6H,7-8H2,1-2H3,(H,14,16)(H,15,19). The lowest BCUT2D eigenvalue weighted by Gasteiger charge is -2.30. The van der Waals surface area contributed by atoms with Crippen LogP contribution in [0.3, 0.4) is 0 Å². The van der Waals surface area contributed by atoms with Gasteiger partial charge in [0.15, 0.2) is 11.3 Å². The van der Waals surface area contributed by atoms with Crippen molar-refractivity contribution in [3.8, 4) is 5.75 Å². The second kappa shape index (κ2) is 5.68. The average molecular weight is 276 g/mol. The fourth-order valence-electron chi connectivity index (χ4n) is 2.00. The van der Waals surface area contributed by atoms with E-state index in [1.807, 2.05) is 0 Å². The monoisotopic (exact) mass is 276 g/mol. The minimum atomic E-state index is -1.37. The van der Waals surface area contributed by atoms with Crippen molar-refractivity contribution in [1.29, 1.82) is 0 Å². The summed E-state index contributed by atoms with van der Waals surface area (Å²) >= 11 is 0. The summed E-state index contributed by atoms with van der Waals surface area (Å²) in [7, 11) is 1.51. The maximum Gasteiger partial charge on any atom is 0.259 e. The molecule has 2 N–H and O–H groups in total. The molecule has 7 heteroatoms. The molecule has 0 fully saturated rings. The Morgan fingerprint density at radius 2 is 2.15 bits per heavy atom. The number of para-hydroxylation sites is 2. The first kappa shape index (κ1) is 14.0. The molecule has 2 rings (SSSR count). The summed E-state index contributed by atoms with van der Waals surface area (Å²) in [5.74, 6) is -0.242. The first-order valence-electron chi connectivity index (χ1n) is 6.19. The number of nitrogens with one attached hydrogen (secondary N) is 2. The fraction of sp³-hybridized carbons (Fsp3) is 0.385. The number of rotatable bonds is 4. The maximum absolute atomic E-state index is 12.4. The fourth-order valence-corrected chi connectivity index (χ4v) is 2.00. The van der Waals surface area contributed by atoms with Crippen molar-refractivity contribution in [1.82, 2.24) is 5.43 Å². The number of methoxy groups -OCH3 is 1. The topological polar surface area (TPSA) is 92.1 Å². The van der Waals surface area contributed by atoms with Crippen molar-refractivity contribution in [3.63, 3.8) is 0 Å². The number of benzene rings is 1. The summed E-state index contributed by atoms with van der Waals surface area (Å²) in [5.41, 5.74) is 1.68. The van der Waals surface area contributed by atoms with Gasteiger partial charge in [0.2, 0.25) is 0 Å². The van der Waals surface area contributed by atoms with Crippen LogP contribution in [0.2, 0.25) is 0 Å². The van der Waals surface area contributed by atoms with Gasteiger partial charge in [0, 0.05) is 6.42 Å². The van der Waals surface area contributed by atoms with Crippen LogP contribution in [0.4, 0.5) is 5.69 Å². The van der Waals surface area contributed by atoms with Gasteiger partial charge in [0.25, 0.3) is 5.91 Å². The smallest absolute Gasteiger partial charge is 0.259 e. The molecule has 0 saturated carbocycles. The van der Waals surface area contributed by atoms with Crippen LogP contribution in [0.5, 0.6) is 5.75 Å². The van der Waals surface area contributed by atoms with E-state index in [1.165, 1.54) is 14.0 Å². The van der Waals surface area contributed by atoms with Crippen LogP contribution < -0.4 is 15.5 Å². The Morgan fingerprint density at radius 3 is 2.75 bits per heavy atom. The summed E-state index contributed by atoms with van der Waals surface area (Å²) in [4.78, 5) is 24.3.